The van der Waals surface area contributed by atoms with Crippen molar-refractivity contribution in [1.82, 2.24) is 20.9 Å². The molecule has 3 N–H and O–H groups in total. The van der Waals surface area contributed by atoms with Crippen LogP contribution in [0.4, 0.5) is 5.69 Å². The summed E-state index contributed by atoms with van der Waals surface area (Å²) in [4.78, 5) is 18.6. The first-order chi connectivity index (χ1) is 18.8. The van der Waals surface area contributed by atoms with Crippen LogP contribution in [-0.4, -0.2) is 57.7 Å². The number of rotatable bonds is 7. The van der Waals surface area contributed by atoms with Gasteiger partial charge in [-0.2, -0.15) is 0 Å². The number of benzene rings is 3. The summed E-state index contributed by atoms with van der Waals surface area (Å²) in [6, 6.07) is 21.1. The molecule has 0 aliphatic carbocycles. The number of amides is 1. The maximum absolute atomic E-state index is 14.6. The monoisotopic (exact) mass is 567 g/mol. The van der Waals surface area contributed by atoms with Crippen LogP contribution in [0, 0.1) is 0 Å². The summed E-state index contributed by atoms with van der Waals surface area (Å²) in [5, 5.41) is 12.2. The van der Waals surface area contributed by atoms with Crippen LogP contribution in [0.5, 0.6) is 5.75 Å². The maximum Gasteiger partial charge on any atom is 0.262 e. The molecule has 5 rings (SSSR count). The molecule has 2 aliphatic heterocycles. The molecule has 0 spiro atoms. The lowest BCUT2D eigenvalue weighted by molar-refractivity contribution is -0.140. The van der Waals surface area contributed by atoms with E-state index >= 15 is 0 Å². The predicted octanol–water partition coefficient (Wildman–Crippen LogP) is 4.72. The molecule has 3 aromatic carbocycles. The highest BCUT2D eigenvalue weighted by Crippen LogP contribution is 2.45. The highest BCUT2D eigenvalue weighted by molar-refractivity contribution is 6.30. The number of hydrogen-bond donors (Lipinski definition) is 3. The first kappa shape index (κ1) is 27.7. The van der Waals surface area contributed by atoms with E-state index in [1.54, 1.807) is 0 Å². The van der Waals surface area contributed by atoms with Crippen LogP contribution in [0.25, 0.3) is 0 Å². The smallest absolute Gasteiger partial charge is 0.262 e. The van der Waals surface area contributed by atoms with Crippen molar-refractivity contribution >= 4 is 34.8 Å². The first-order valence-electron chi connectivity index (χ1n) is 13.3. The quantitative estimate of drug-likeness (QED) is 0.384. The first-order valence-corrected chi connectivity index (χ1v) is 14.1. The number of halogens is 2. The summed E-state index contributed by atoms with van der Waals surface area (Å²) in [6.45, 7) is 5.19. The van der Waals surface area contributed by atoms with E-state index in [0.717, 1.165) is 35.5 Å². The van der Waals surface area contributed by atoms with E-state index in [0.29, 0.717) is 35.5 Å². The SMILES string of the molecule is CCOc1cc(N(C)C)ccc1C1(C(=O)N2CCNCC2)NC(c2ccc(Cl)cc2)C(c2ccc(Cl)cc2)N1. The Morgan fingerprint density at radius 2 is 1.46 bits per heavy atom. The molecule has 2 atom stereocenters. The molecule has 2 fully saturated rings. The fraction of sp³-hybridized carbons (Fsp3) is 0.367. The molecule has 3 aromatic rings. The number of carbonyl (C=O) groups is 1. The van der Waals surface area contributed by atoms with Gasteiger partial charge < -0.3 is 19.9 Å². The topological polar surface area (TPSA) is 68.9 Å². The van der Waals surface area contributed by atoms with Crippen molar-refractivity contribution in [2.45, 2.75) is 24.7 Å². The molecule has 0 saturated carbocycles. The van der Waals surface area contributed by atoms with Gasteiger partial charge in [0.1, 0.15) is 5.75 Å². The third-order valence-electron chi connectivity index (χ3n) is 7.45. The highest BCUT2D eigenvalue weighted by atomic mass is 35.5. The Kier molecular flexibility index (Phi) is 8.35. The van der Waals surface area contributed by atoms with Crippen LogP contribution >= 0.6 is 23.2 Å². The Hall–Kier alpha value is -2.81. The summed E-state index contributed by atoms with van der Waals surface area (Å²) in [7, 11) is 3.98. The van der Waals surface area contributed by atoms with Crippen molar-refractivity contribution in [2.75, 3.05) is 51.8 Å². The Balaban J connectivity index is 1.69. The number of nitrogens with zero attached hydrogens (tertiary/aromatic N) is 2. The minimum absolute atomic E-state index is 0.0296. The number of ether oxygens (including phenoxy) is 1. The molecular weight excluding hydrogens is 533 g/mol. The van der Waals surface area contributed by atoms with Gasteiger partial charge in [0.25, 0.3) is 5.91 Å². The number of nitrogens with one attached hydrogen (secondary N) is 3. The molecule has 2 unspecified atom stereocenters. The van der Waals surface area contributed by atoms with Crippen molar-refractivity contribution in [3.8, 4) is 5.75 Å². The van der Waals surface area contributed by atoms with E-state index in [1.807, 2.05) is 97.5 Å². The van der Waals surface area contributed by atoms with Crippen LogP contribution < -0.4 is 25.6 Å². The largest absolute Gasteiger partial charge is 0.493 e. The fourth-order valence-electron chi connectivity index (χ4n) is 5.44. The lowest BCUT2D eigenvalue weighted by Crippen LogP contribution is -2.61. The highest BCUT2D eigenvalue weighted by Gasteiger charge is 2.54. The third-order valence-corrected chi connectivity index (χ3v) is 7.95. The second-order valence-corrected chi connectivity index (χ2v) is 11.0. The van der Waals surface area contributed by atoms with Gasteiger partial charge in [0.05, 0.1) is 18.7 Å². The molecule has 2 aliphatic rings. The van der Waals surface area contributed by atoms with Crippen molar-refractivity contribution in [3.63, 3.8) is 0 Å². The van der Waals surface area contributed by atoms with Gasteiger partial charge in [-0.05, 0) is 54.4 Å². The zero-order chi connectivity index (χ0) is 27.6. The van der Waals surface area contributed by atoms with E-state index in [4.69, 9.17) is 27.9 Å². The normalized spacial score (nSPS) is 23.1. The minimum Gasteiger partial charge on any atom is -0.493 e. The molecule has 39 heavy (non-hydrogen) atoms. The summed E-state index contributed by atoms with van der Waals surface area (Å²) in [6.07, 6.45) is 0. The summed E-state index contributed by atoms with van der Waals surface area (Å²) >= 11 is 12.5. The number of anilines is 1. The Morgan fingerprint density at radius 1 is 0.923 bits per heavy atom. The molecule has 2 heterocycles. The average molecular weight is 569 g/mol. The van der Waals surface area contributed by atoms with Gasteiger partial charge >= 0.3 is 0 Å². The van der Waals surface area contributed by atoms with Crippen LogP contribution in [0.1, 0.15) is 35.7 Å². The van der Waals surface area contributed by atoms with Gasteiger partial charge in [-0.1, -0.05) is 47.5 Å². The average Bonchev–Trinajstić information content (AvgIpc) is 3.35. The molecule has 0 radical (unpaired) electrons. The van der Waals surface area contributed by atoms with Gasteiger partial charge in [-0.25, -0.2) is 0 Å². The van der Waals surface area contributed by atoms with Crippen molar-refractivity contribution in [3.05, 3.63) is 93.5 Å². The molecule has 0 aromatic heterocycles. The van der Waals surface area contributed by atoms with Crippen LogP contribution in [0.2, 0.25) is 10.0 Å². The standard InChI is InChI=1S/C30H35Cl2N5O2/c1-4-39-26-19-24(36(2)3)13-14-25(26)30(29(38)37-17-15-33-16-18-37)34-27(20-5-9-22(31)10-6-20)28(35-30)21-7-11-23(32)12-8-21/h5-14,19,27-28,33-35H,4,15-18H2,1-3H3. The molecule has 0 bridgehead atoms. The lowest BCUT2D eigenvalue weighted by atomic mass is 9.95. The summed E-state index contributed by atoms with van der Waals surface area (Å²) < 4.78 is 6.19. The number of piperazine rings is 1. The van der Waals surface area contributed by atoms with Gasteiger partial charge in [0, 0.05) is 67.6 Å². The Labute approximate surface area is 240 Å². The zero-order valence-electron chi connectivity index (χ0n) is 22.5. The van der Waals surface area contributed by atoms with Crippen LogP contribution in [-0.2, 0) is 10.5 Å². The van der Waals surface area contributed by atoms with Crippen molar-refractivity contribution in [1.29, 1.82) is 0 Å². The van der Waals surface area contributed by atoms with Crippen molar-refractivity contribution < 1.29 is 9.53 Å². The zero-order valence-corrected chi connectivity index (χ0v) is 24.0. The van der Waals surface area contributed by atoms with E-state index in [-0.39, 0.29) is 18.0 Å². The Morgan fingerprint density at radius 3 is 1.95 bits per heavy atom. The Bertz CT molecular complexity index is 1240. The third kappa shape index (κ3) is 5.60. The molecule has 206 valence electrons. The van der Waals surface area contributed by atoms with Gasteiger partial charge in [0.2, 0.25) is 0 Å². The fourth-order valence-corrected chi connectivity index (χ4v) is 5.69. The summed E-state index contributed by atoms with van der Waals surface area (Å²) in [5.74, 6) is 0.636. The van der Waals surface area contributed by atoms with E-state index in [9.17, 15) is 4.79 Å². The van der Waals surface area contributed by atoms with E-state index in [2.05, 4.69) is 16.0 Å². The summed E-state index contributed by atoms with van der Waals surface area (Å²) in [5.41, 5.74) is 2.55. The molecule has 1 amide bonds. The second kappa shape index (κ2) is 11.7. The molecular formula is C30H35Cl2N5O2. The lowest BCUT2D eigenvalue weighted by Gasteiger charge is -2.38. The number of carbonyl (C=O) groups excluding carboxylic acids is 1. The minimum atomic E-state index is -1.23. The van der Waals surface area contributed by atoms with Gasteiger partial charge in [-0.15, -0.1) is 0 Å². The van der Waals surface area contributed by atoms with Crippen LogP contribution in [0.3, 0.4) is 0 Å². The van der Waals surface area contributed by atoms with E-state index in [1.165, 1.54) is 0 Å². The number of hydrogen-bond acceptors (Lipinski definition) is 6. The molecule has 9 heteroatoms. The second-order valence-electron chi connectivity index (χ2n) is 10.1. The molecule has 7 nitrogen and oxygen atoms in total. The predicted molar refractivity (Wildman–Crippen MR) is 158 cm³/mol. The molecule has 2 saturated heterocycles. The van der Waals surface area contributed by atoms with Gasteiger partial charge in [0.15, 0.2) is 5.66 Å². The van der Waals surface area contributed by atoms with Crippen molar-refractivity contribution in [2.24, 2.45) is 0 Å². The van der Waals surface area contributed by atoms with Gasteiger partial charge in [-0.3, -0.25) is 15.4 Å². The van der Waals surface area contributed by atoms with Crippen LogP contribution in [0.15, 0.2) is 66.7 Å². The van der Waals surface area contributed by atoms with E-state index < -0.39 is 5.66 Å². The maximum atomic E-state index is 14.6.